The maximum atomic E-state index is 11.4. The third-order valence-electron chi connectivity index (χ3n) is 2.51. The van der Waals surface area contributed by atoms with E-state index in [0.717, 1.165) is 12.0 Å². The van der Waals surface area contributed by atoms with Crippen LogP contribution in [0.1, 0.15) is 25.8 Å². The predicted octanol–water partition coefficient (Wildman–Crippen LogP) is 2.52. The normalized spacial score (nSPS) is 12.1. The molecule has 1 N–H and O–H groups in total. The number of carbonyl (C=O) groups excluding carboxylic acids is 1. The van der Waals surface area contributed by atoms with Crippen LogP contribution in [0.2, 0.25) is 0 Å². The van der Waals surface area contributed by atoms with Gasteiger partial charge in [0.2, 0.25) is 0 Å². The summed E-state index contributed by atoms with van der Waals surface area (Å²) in [4.78, 5) is 11.4. The molecule has 1 aromatic rings. The van der Waals surface area contributed by atoms with Gasteiger partial charge in [-0.3, -0.25) is 4.79 Å². The summed E-state index contributed by atoms with van der Waals surface area (Å²) in [6.45, 7) is 4.60. The number of hydrogen-bond acceptors (Lipinski definition) is 3. The Kier molecular flexibility index (Phi) is 4.83. The maximum absolute atomic E-state index is 11.4. The highest BCUT2D eigenvalue weighted by Crippen LogP contribution is 2.10. The van der Waals surface area contributed by atoms with E-state index in [9.17, 15) is 4.79 Å². The number of phenolic OH excluding ortho intramolecular Hbond substituents is 1. The number of aromatic hydroxyl groups is 1. The fourth-order valence-electron chi connectivity index (χ4n) is 1.18. The summed E-state index contributed by atoms with van der Waals surface area (Å²) in [7, 11) is 0. The average Bonchev–Trinajstić information content (AvgIpc) is 2.29. The number of rotatable bonds is 5. The van der Waals surface area contributed by atoms with Crippen LogP contribution in [0.25, 0.3) is 0 Å². The quantitative estimate of drug-likeness (QED) is 0.779. The fourth-order valence-corrected chi connectivity index (χ4v) is 1.18. The van der Waals surface area contributed by atoms with Gasteiger partial charge in [-0.1, -0.05) is 32.4 Å². The zero-order chi connectivity index (χ0) is 12.0. The van der Waals surface area contributed by atoms with E-state index in [-0.39, 0.29) is 18.1 Å². The first-order chi connectivity index (χ1) is 7.61. The Morgan fingerprint density at radius 2 is 2.00 bits per heavy atom. The predicted molar refractivity (Wildman–Crippen MR) is 62.2 cm³/mol. The smallest absolute Gasteiger partial charge is 0.310 e. The molecule has 0 aliphatic rings. The highest BCUT2D eigenvalue weighted by Gasteiger charge is 2.07. The molecule has 3 nitrogen and oxygen atoms in total. The van der Waals surface area contributed by atoms with E-state index in [1.54, 1.807) is 24.3 Å². The first-order valence-corrected chi connectivity index (χ1v) is 5.55. The number of hydrogen-bond donors (Lipinski definition) is 1. The van der Waals surface area contributed by atoms with Crippen LogP contribution < -0.4 is 0 Å². The molecule has 1 unspecified atom stereocenters. The molecule has 3 heteroatoms. The number of ether oxygens (including phenoxy) is 1. The van der Waals surface area contributed by atoms with Gasteiger partial charge in [0, 0.05) is 0 Å². The SMILES string of the molecule is CCC(C)COC(=O)Cc1ccc(O)cc1. The summed E-state index contributed by atoms with van der Waals surface area (Å²) in [5.74, 6) is 0.395. The van der Waals surface area contributed by atoms with E-state index >= 15 is 0 Å². The highest BCUT2D eigenvalue weighted by atomic mass is 16.5. The molecule has 0 radical (unpaired) electrons. The van der Waals surface area contributed by atoms with Gasteiger partial charge in [0.1, 0.15) is 5.75 Å². The van der Waals surface area contributed by atoms with Crippen molar-refractivity contribution in [3.8, 4) is 5.75 Å². The highest BCUT2D eigenvalue weighted by molar-refractivity contribution is 5.72. The lowest BCUT2D eigenvalue weighted by atomic mass is 10.1. The summed E-state index contributed by atoms with van der Waals surface area (Å²) >= 11 is 0. The van der Waals surface area contributed by atoms with E-state index in [2.05, 4.69) is 6.92 Å². The van der Waals surface area contributed by atoms with Gasteiger partial charge >= 0.3 is 5.97 Å². The summed E-state index contributed by atoms with van der Waals surface area (Å²) in [6.07, 6.45) is 1.27. The summed E-state index contributed by atoms with van der Waals surface area (Å²) in [5, 5.41) is 9.08. The van der Waals surface area contributed by atoms with Gasteiger partial charge in [-0.2, -0.15) is 0 Å². The van der Waals surface area contributed by atoms with E-state index in [0.29, 0.717) is 12.5 Å². The minimum Gasteiger partial charge on any atom is -0.508 e. The van der Waals surface area contributed by atoms with Crippen molar-refractivity contribution in [2.24, 2.45) is 5.92 Å². The second-order valence-electron chi connectivity index (χ2n) is 4.04. The first-order valence-electron chi connectivity index (χ1n) is 5.55. The zero-order valence-electron chi connectivity index (χ0n) is 9.77. The van der Waals surface area contributed by atoms with Gasteiger partial charge in [-0.05, 0) is 23.6 Å². The van der Waals surface area contributed by atoms with Gasteiger partial charge in [0.15, 0.2) is 0 Å². The Morgan fingerprint density at radius 3 is 2.56 bits per heavy atom. The van der Waals surface area contributed by atoms with E-state index < -0.39 is 0 Å². The van der Waals surface area contributed by atoms with Gasteiger partial charge in [-0.15, -0.1) is 0 Å². The lowest BCUT2D eigenvalue weighted by Crippen LogP contribution is -2.13. The van der Waals surface area contributed by atoms with Crippen molar-refractivity contribution in [1.82, 2.24) is 0 Å². The van der Waals surface area contributed by atoms with Crippen LogP contribution in [0.4, 0.5) is 0 Å². The van der Waals surface area contributed by atoms with Crippen molar-refractivity contribution in [2.45, 2.75) is 26.7 Å². The zero-order valence-corrected chi connectivity index (χ0v) is 9.77. The molecule has 0 aliphatic carbocycles. The molecule has 0 fully saturated rings. The molecule has 16 heavy (non-hydrogen) atoms. The third-order valence-corrected chi connectivity index (χ3v) is 2.51. The van der Waals surface area contributed by atoms with Crippen molar-refractivity contribution >= 4 is 5.97 Å². The number of phenols is 1. The van der Waals surface area contributed by atoms with Crippen LogP contribution in [-0.2, 0) is 16.0 Å². The lowest BCUT2D eigenvalue weighted by Gasteiger charge is -2.09. The first kappa shape index (κ1) is 12.6. The molecular formula is C13H18O3. The molecule has 1 aromatic carbocycles. The molecule has 0 heterocycles. The molecule has 0 amide bonds. The molecular weight excluding hydrogens is 204 g/mol. The fraction of sp³-hybridized carbons (Fsp3) is 0.462. The maximum Gasteiger partial charge on any atom is 0.310 e. The lowest BCUT2D eigenvalue weighted by molar-refractivity contribution is -0.144. The van der Waals surface area contributed by atoms with Crippen LogP contribution in [0.15, 0.2) is 24.3 Å². The Balaban J connectivity index is 2.37. The molecule has 0 spiro atoms. The Morgan fingerprint density at radius 1 is 1.38 bits per heavy atom. The number of esters is 1. The monoisotopic (exact) mass is 222 g/mol. The second kappa shape index (κ2) is 6.16. The van der Waals surface area contributed by atoms with Gasteiger partial charge < -0.3 is 9.84 Å². The van der Waals surface area contributed by atoms with Gasteiger partial charge in [-0.25, -0.2) is 0 Å². The van der Waals surface area contributed by atoms with E-state index in [4.69, 9.17) is 9.84 Å². The van der Waals surface area contributed by atoms with E-state index in [1.165, 1.54) is 0 Å². The molecule has 88 valence electrons. The number of benzene rings is 1. The average molecular weight is 222 g/mol. The molecule has 1 rings (SSSR count). The van der Waals surface area contributed by atoms with Crippen molar-refractivity contribution in [3.63, 3.8) is 0 Å². The van der Waals surface area contributed by atoms with Crippen LogP contribution in [0.5, 0.6) is 5.75 Å². The van der Waals surface area contributed by atoms with Crippen molar-refractivity contribution < 1.29 is 14.6 Å². The minimum atomic E-state index is -0.217. The van der Waals surface area contributed by atoms with Crippen LogP contribution in [0.3, 0.4) is 0 Å². The molecule has 1 atom stereocenters. The summed E-state index contributed by atoms with van der Waals surface area (Å²) in [5.41, 5.74) is 0.854. The van der Waals surface area contributed by atoms with Crippen LogP contribution in [-0.4, -0.2) is 17.7 Å². The van der Waals surface area contributed by atoms with Gasteiger partial charge in [0.25, 0.3) is 0 Å². The molecule has 0 saturated heterocycles. The van der Waals surface area contributed by atoms with Crippen molar-refractivity contribution in [1.29, 1.82) is 0 Å². The summed E-state index contributed by atoms with van der Waals surface area (Å²) < 4.78 is 5.13. The van der Waals surface area contributed by atoms with E-state index in [1.807, 2.05) is 6.92 Å². The van der Waals surface area contributed by atoms with Crippen LogP contribution in [0, 0.1) is 5.92 Å². The molecule has 0 aromatic heterocycles. The second-order valence-corrected chi connectivity index (χ2v) is 4.04. The van der Waals surface area contributed by atoms with Crippen molar-refractivity contribution in [3.05, 3.63) is 29.8 Å². The molecule has 0 aliphatic heterocycles. The van der Waals surface area contributed by atoms with Crippen molar-refractivity contribution in [2.75, 3.05) is 6.61 Å². The number of carbonyl (C=O) groups is 1. The largest absolute Gasteiger partial charge is 0.508 e. The standard InChI is InChI=1S/C13H18O3/c1-3-10(2)9-16-13(15)8-11-4-6-12(14)7-5-11/h4-7,10,14H,3,8-9H2,1-2H3. The molecule has 0 bridgehead atoms. The Bertz CT molecular complexity index is 330. The Labute approximate surface area is 96.1 Å². The van der Waals surface area contributed by atoms with Crippen LogP contribution >= 0.6 is 0 Å². The molecule has 0 saturated carbocycles. The minimum absolute atomic E-state index is 0.205. The van der Waals surface area contributed by atoms with Gasteiger partial charge in [0.05, 0.1) is 13.0 Å². The Hall–Kier alpha value is -1.51. The summed E-state index contributed by atoms with van der Waals surface area (Å²) in [6, 6.07) is 6.58. The topological polar surface area (TPSA) is 46.5 Å². The third kappa shape index (κ3) is 4.34.